The maximum absolute atomic E-state index is 14.1. The lowest BCUT2D eigenvalue weighted by molar-refractivity contribution is 0.0902. The third kappa shape index (κ3) is 3.78. The molecule has 3 aromatic rings. The van der Waals surface area contributed by atoms with Gasteiger partial charge in [0.05, 0.1) is 17.0 Å². The van der Waals surface area contributed by atoms with E-state index in [-0.39, 0.29) is 22.8 Å². The van der Waals surface area contributed by atoms with Crippen LogP contribution >= 0.6 is 0 Å². The molecule has 7 nitrogen and oxygen atoms in total. The van der Waals surface area contributed by atoms with Crippen molar-refractivity contribution in [2.75, 3.05) is 18.0 Å². The topological polar surface area (TPSA) is 81.0 Å². The Hall–Kier alpha value is -3.42. The number of halogens is 1. The maximum atomic E-state index is 14.1. The van der Waals surface area contributed by atoms with Crippen molar-refractivity contribution in [3.05, 3.63) is 70.7 Å². The monoisotopic (exact) mass is 393 g/mol. The van der Waals surface area contributed by atoms with Crippen LogP contribution in [0.3, 0.4) is 0 Å². The fourth-order valence-electron chi connectivity index (χ4n) is 3.64. The van der Waals surface area contributed by atoms with E-state index in [0.717, 1.165) is 6.42 Å². The van der Waals surface area contributed by atoms with Gasteiger partial charge in [0.1, 0.15) is 12.1 Å². The highest BCUT2D eigenvalue weighted by atomic mass is 19.1. The van der Waals surface area contributed by atoms with Gasteiger partial charge in [-0.15, -0.1) is 0 Å². The zero-order valence-corrected chi connectivity index (χ0v) is 16.0. The summed E-state index contributed by atoms with van der Waals surface area (Å²) in [5.41, 5.74) is 0.894. The van der Waals surface area contributed by atoms with Gasteiger partial charge in [0.2, 0.25) is 5.95 Å². The lowest BCUT2D eigenvalue weighted by Crippen LogP contribution is -2.42. The van der Waals surface area contributed by atoms with E-state index < -0.39 is 5.82 Å². The molecule has 0 aliphatic carbocycles. The highest BCUT2D eigenvalue weighted by molar-refractivity contribution is 5.98. The summed E-state index contributed by atoms with van der Waals surface area (Å²) < 4.78 is 15.5. The average molecular weight is 393 g/mol. The van der Waals surface area contributed by atoms with E-state index in [1.807, 2.05) is 4.90 Å². The number of carbonyl (C=O) groups excluding carboxylic acids is 1. The lowest BCUT2D eigenvalue weighted by atomic mass is 9.90. The van der Waals surface area contributed by atoms with Crippen molar-refractivity contribution in [3.8, 4) is 11.4 Å². The van der Waals surface area contributed by atoms with Crippen molar-refractivity contribution in [1.29, 1.82) is 0 Å². The van der Waals surface area contributed by atoms with Gasteiger partial charge >= 0.3 is 0 Å². The van der Waals surface area contributed by atoms with Crippen LogP contribution < -0.4 is 10.5 Å². The second-order valence-electron chi connectivity index (χ2n) is 7.06. The first-order valence-electron chi connectivity index (χ1n) is 9.43. The molecular weight excluding hydrogens is 373 g/mol. The summed E-state index contributed by atoms with van der Waals surface area (Å²) in [6, 6.07) is 9.15. The molecular formula is C21H20FN5O2. The van der Waals surface area contributed by atoms with E-state index in [1.165, 1.54) is 29.1 Å². The van der Waals surface area contributed by atoms with Gasteiger partial charge in [-0.2, -0.15) is 0 Å². The second-order valence-corrected chi connectivity index (χ2v) is 7.06. The van der Waals surface area contributed by atoms with Crippen molar-refractivity contribution in [2.45, 2.75) is 12.8 Å². The van der Waals surface area contributed by atoms with Gasteiger partial charge in [0.15, 0.2) is 5.78 Å². The Bertz CT molecular complexity index is 1100. The summed E-state index contributed by atoms with van der Waals surface area (Å²) in [6.07, 6.45) is 4.41. The van der Waals surface area contributed by atoms with Crippen molar-refractivity contribution in [1.82, 2.24) is 19.5 Å². The summed E-state index contributed by atoms with van der Waals surface area (Å²) in [5.74, 6) is -0.618. The number of hydrogen-bond acceptors (Lipinski definition) is 6. The van der Waals surface area contributed by atoms with Crippen molar-refractivity contribution in [2.24, 2.45) is 13.0 Å². The molecule has 148 valence electrons. The molecule has 0 amide bonds. The van der Waals surface area contributed by atoms with Crippen molar-refractivity contribution >= 4 is 11.7 Å². The molecule has 1 unspecified atom stereocenters. The number of ketones is 1. The standard InChI is InChI=1S/C21H20FN5O2/c1-26-19(28)11-18(17-8-9-23-13-24-17)25-21(26)27-10-4-5-14(12-27)20(29)15-6-2-3-7-16(15)22/h2-3,6-9,11,13-14H,4-5,10,12H2,1H3. The number of anilines is 1. The maximum Gasteiger partial charge on any atom is 0.255 e. The molecule has 1 aromatic carbocycles. The van der Waals surface area contributed by atoms with Crippen LogP contribution in [0.25, 0.3) is 11.4 Å². The molecule has 1 aliphatic heterocycles. The van der Waals surface area contributed by atoms with Crippen molar-refractivity contribution in [3.63, 3.8) is 0 Å². The summed E-state index contributed by atoms with van der Waals surface area (Å²) in [5, 5.41) is 0. The van der Waals surface area contributed by atoms with Gasteiger partial charge in [0, 0.05) is 38.3 Å². The Morgan fingerprint density at radius 2 is 2.03 bits per heavy atom. The number of Topliss-reactive ketones (excluding diaryl/α,β-unsaturated/α-hetero) is 1. The lowest BCUT2D eigenvalue weighted by Gasteiger charge is -2.33. The van der Waals surface area contributed by atoms with E-state index in [2.05, 4.69) is 15.0 Å². The van der Waals surface area contributed by atoms with Crippen LogP contribution in [0, 0.1) is 11.7 Å². The third-order valence-electron chi connectivity index (χ3n) is 5.17. The molecule has 1 aliphatic rings. The predicted molar refractivity (Wildman–Crippen MR) is 106 cm³/mol. The van der Waals surface area contributed by atoms with Crippen LogP contribution in [-0.4, -0.2) is 38.4 Å². The average Bonchev–Trinajstić information content (AvgIpc) is 2.76. The molecule has 0 radical (unpaired) electrons. The van der Waals surface area contributed by atoms with Crippen LogP contribution in [0.2, 0.25) is 0 Å². The molecule has 29 heavy (non-hydrogen) atoms. The van der Waals surface area contributed by atoms with Gasteiger partial charge in [-0.05, 0) is 31.0 Å². The molecule has 8 heteroatoms. The first-order chi connectivity index (χ1) is 14.0. The number of rotatable bonds is 4. The molecule has 0 N–H and O–H groups in total. The van der Waals surface area contributed by atoms with E-state index in [4.69, 9.17) is 0 Å². The fourth-order valence-corrected chi connectivity index (χ4v) is 3.64. The SMILES string of the molecule is Cn1c(N2CCCC(C(=O)c3ccccc3F)C2)nc(-c2ccncn2)cc1=O. The van der Waals surface area contributed by atoms with Crippen LogP contribution in [0.1, 0.15) is 23.2 Å². The van der Waals surface area contributed by atoms with Crippen LogP contribution in [0.5, 0.6) is 0 Å². The molecule has 3 heterocycles. The molecule has 4 rings (SSSR count). The van der Waals surface area contributed by atoms with Crippen LogP contribution in [-0.2, 0) is 7.05 Å². The molecule has 1 atom stereocenters. The van der Waals surface area contributed by atoms with Gasteiger partial charge in [0.25, 0.3) is 5.56 Å². The first-order valence-corrected chi connectivity index (χ1v) is 9.43. The molecule has 1 fully saturated rings. The normalized spacial score (nSPS) is 16.6. The molecule has 1 saturated heterocycles. The number of hydrogen-bond donors (Lipinski definition) is 0. The van der Waals surface area contributed by atoms with Gasteiger partial charge in [-0.25, -0.2) is 19.3 Å². The number of piperidine rings is 1. The minimum Gasteiger partial charge on any atom is -0.341 e. The quantitative estimate of drug-likeness (QED) is 0.634. The summed E-state index contributed by atoms with van der Waals surface area (Å²) in [6.45, 7) is 1.04. The number of carbonyl (C=O) groups is 1. The predicted octanol–water partition coefficient (Wildman–Crippen LogP) is 2.48. The minimum atomic E-state index is -0.508. The number of aromatic nitrogens is 4. The summed E-state index contributed by atoms with van der Waals surface area (Å²) >= 11 is 0. The fraction of sp³-hybridized carbons (Fsp3) is 0.286. The highest BCUT2D eigenvalue weighted by Gasteiger charge is 2.30. The zero-order chi connectivity index (χ0) is 20.4. The van der Waals surface area contributed by atoms with Gasteiger partial charge in [-0.1, -0.05) is 12.1 Å². The minimum absolute atomic E-state index is 0.107. The second kappa shape index (κ2) is 7.90. The number of nitrogens with zero attached hydrogens (tertiary/aromatic N) is 5. The van der Waals surface area contributed by atoms with Crippen molar-refractivity contribution < 1.29 is 9.18 Å². The largest absolute Gasteiger partial charge is 0.341 e. The van der Waals surface area contributed by atoms with E-state index in [0.29, 0.717) is 36.8 Å². The van der Waals surface area contributed by atoms with Gasteiger partial charge in [-0.3, -0.25) is 14.2 Å². The smallest absolute Gasteiger partial charge is 0.255 e. The Labute approximate surface area is 166 Å². The Balaban J connectivity index is 1.65. The highest BCUT2D eigenvalue weighted by Crippen LogP contribution is 2.26. The van der Waals surface area contributed by atoms with E-state index in [1.54, 1.807) is 31.4 Å². The molecule has 0 spiro atoms. The summed E-state index contributed by atoms with van der Waals surface area (Å²) in [4.78, 5) is 39.9. The van der Waals surface area contributed by atoms with Crippen LogP contribution in [0.15, 0.2) is 53.7 Å². The van der Waals surface area contributed by atoms with E-state index >= 15 is 0 Å². The molecule has 0 saturated carbocycles. The molecule has 0 bridgehead atoms. The molecule has 2 aromatic heterocycles. The Morgan fingerprint density at radius 1 is 1.21 bits per heavy atom. The summed E-state index contributed by atoms with van der Waals surface area (Å²) in [7, 11) is 1.65. The van der Waals surface area contributed by atoms with Crippen LogP contribution in [0.4, 0.5) is 10.3 Å². The Morgan fingerprint density at radius 3 is 2.79 bits per heavy atom. The van der Waals surface area contributed by atoms with E-state index in [9.17, 15) is 14.0 Å². The third-order valence-corrected chi connectivity index (χ3v) is 5.17. The number of benzene rings is 1. The van der Waals surface area contributed by atoms with Gasteiger partial charge < -0.3 is 4.90 Å². The zero-order valence-electron chi connectivity index (χ0n) is 16.0. The first kappa shape index (κ1) is 18.9. The Kier molecular flexibility index (Phi) is 5.16.